The van der Waals surface area contributed by atoms with Crippen molar-refractivity contribution in [3.63, 3.8) is 0 Å². The fraction of sp³-hybridized carbons (Fsp3) is 0.158. The number of hydrogen-bond acceptors (Lipinski definition) is 2. The maximum Gasteiger partial charge on any atom is 0.272 e. The molecule has 7 heteroatoms. The number of benzene rings is 2. The average molecular weight is 359 g/mol. The van der Waals surface area contributed by atoms with Gasteiger partial charge in [-0.25, -0.2) is 13.2 Å². The molecule has 1 aromatic heterocycles. The standard InChI is InChI=1S/C19H16F3N3O/c1-2-25-18(12-7-8-15(21)16(22)9-12)10-17(24-25)19(26)23-11-13-5-3-4-6-14(13)20/h3-10H,2,11H2,1H3,(H,23,26). The second-order valence-corrected chi connectivity index (χ2v) is 5.63. The van der Waals surface area contributed by atoms with Gasteiger partial charge in [0.1, 0.15) is 5.82 Å². The fourth-order valence-corrected chi connectivity index (χ4v) is 2.56. The summed E-state index contributed by atoms with van der Waals surface area (Å²) in [4.78, 5) is 12.3. The number of halogens is 3. The zero-order chi connectivity index (χ0) is 18.7. The Morgan fingerprint density at radius 1 is 1.04 bits per heavy atom. The van der Waals surface area contributed by atoms with E-state index in [4.69, 9.17) is 0 Å². The van der Waals surface area contributed by atoms with Crippen molar-refractivity contribution in [2.45, 2.75) is 20.0 Å². The first-order valence-electron chi connectivity index (χ1n) is 8.04. The smallest absolute Gasteiger partial charge is 0.272 e. The van der Waals surface area contributed by atoms with Crippen molar-refractivity contribution < 1.29 is 18.0 Å². The molecule has 0 saturated heterocycles. The topological polar surface area (TPSA) is 46.9 Å². The highest BCUT2D eigenvalue weighted by Gasteiger charge is 2.16. The van der Waals surface area contributed by atoms with Gasteiger partial charge in [-0.1, -0.05) is 18.2 Å². The SMILES string of the molecule is CCn1nc(C(=O)NCc2ccccc2F)cc1-c1ccc(F)c(F)c1. The highest BCUT2D eigenvalue weighted by Crippen LogP contribution is 2.23. The molecule has 4 nitrogen and oxygen atoms in total. The Balaban J connectivity index is 1.82. The summed E-state index contributed by atoms with van der Waals surface area (Å²) in [5, 5.41) is 6.79. The Morgan fingerprint density at radius 2 is 1.81 bits per heavy atom. The van der Waals surface area contributed by atoms with Crippen LogP contribution >= 0.6 is 0 Å². The molecule has 0 fully saturated rings. The molecule has 1 amide bonds. The van der Waals surface area contributed by atoms with Gasteiger partial charge >= 0.3 is 0 Å². The molecule has 0 unspecified atom stereocenters. The summed E-state index contributed by atoms with van der Waals surface area (Å²) in [6.07, 6.45) is 0. The van der Waals surface area contributed by atoms with E-state index in [-0.39, 0.29) is 12.2 Å². The lowest BCUT2D eigenvalue weighted by Gasteiger charge is -2.04. The van der Waals surface area contributed by atoms with E-state index in [0.717, 1.165) is 12.1 Å². The minimum Gasteiger partial charge on any atom is -0.346 e. The summed E-state index contributed by atoms with van der Waals surface area (Å²) >= 11 is 0. The van der Waals surface area contributed by atoms with Gasteiger partial charge in [0.25, 0.3) is 5.91 Å². The fourth-order valence-electron chi connectivity index (χ4n) is 2.56. The summed E-state index contributed by atoms with van der Waals surface area (Å²) in [6, 6.07) is 11.1. The highest BCUT2D eigenvalue weighted by atomic mass is 19.2. The third-order valence-corrected chi connectivity index (χ3v) is 3.92. The number of carbonyl (C=O) groups is 1. The van der Waals surface area contributed by atoms with Crippen LogP contribution in [0.25, 0.3) is 11.3 Å². The van der Waals surface area contributed by atoms with E-state index in [1.807, 2.05) is 6.92 Å². The molecule has 1 heterocycles. The zero-order valence-corrected chi connectivity index (χ0v) is 14.0. The van der Waals surface area contributed by atoms with Crippen LogP contribution in [0.5, 0.6) is 0 Å². The van der Waals surface area contributed by atoms with E-state index in [2.05, 4.69) is 10.4 Å². The molecule has 3 aromatic rings. The van der Waals surface area contributed by atoms with E-state index >= 15 is 0 Å². The number of rotatable bonds is 5. The van der Waals surface area contributed by atoms with Crippen LogP contribution in [0.3, 0.4) is 0 Å². The Morgan fingerprint density at radius 3 is 2.50 bits per heavy atom. The third-order valence-electron chi connectivity index (χ3n) is 3.92. The molecule has 1 N–H and O–H groups in total. The van der Waals surface area contributed by atoms with Crippen molar-refractivity contribution in [3.05, 3.63) is 77.2 Å². The summed E-state index contributed by atoms with van der Waals surface area (Å²) in [5.74, 6) is -2.81. The monoisotopic (exact) mass is 359 g/mol. The average Bonchev–Trinajstić information content (AvgIpc) is 3.07. The van der Waals surface area contributed by atoms with Gasteiger partial charge in [0.2, 0.25) is 0 Å². The molecule has 2 aromatic carbocycles. The van der Waals surface area contributed by atoms with E-state index in [1.165, 1.54) is 22.9 Å². The molecule has 26 heavy (non-hydrogen) atoms. The van der Waals surface area contributed by atoms with Gasteiger partial charge in [0.15, 0.2) is 17.3 Å². The zero-order valence-electron chi connectivity index (χ0n) is 14.0. The molecular formula is C19H16F3N3O. The van der Waals surface area contributed by atoms with Crippen LogP contribution in [0.1, 0.15) is 23.0 Å². The summed E-state index contributed by atoms with van der Waals surface area (Å²) in [6.45, 7) is 2.28. The second kappa shape index (κ2) is 7.43. The van der Waals surface area contributed by atoms with Gasteiger partial charge in [-0.2, -0.15) is 5.10 Å². The van der Waals surface area contributed by atoms with Crippen LogP contribution in [0.2, 0.25) is 0 Å². The number of amides is 1. The minimum atomic E-state index is -0.975. The Bertz CT molecular complexity index is 953. The van der Waals surface area contributed by atoms with Gasteiger partial charge < -0.3 is 5.32 Å². The highest BCUT2D eigenvalue weighted by molar-refractivity contribution is 5.93. The molecule has 0 aliphatic carbocycles. The van der Waals surface area contributed by atoms with Crippen molar-refractivity contribution in [2.75, 3.05) is 0 Å². The molecule has 0 radical (unpaired) electrons. The molecule has 0 aliphatic rings. The Kier molecular flexibility index (Phi) is 5.06. The lowest BCUT2D eigenvalue weighted by molar-refractivity contribution is 0.0944. The first-order chi connectivity index (χ1) is 12.5. The van der Waals surface area contributed by atoms with Crippen LogP contribution in [0, 0.1) is 17.5 Å². The van der Waals surface area contributed by atoms with Gasteiger partial charge in [0, 0.05) is 24.2 Å². The van der Waals surface area contributed by atoms with E-state index in [1.54, 1.807) is 18.2 Å². The molecule has 3 rings (SSSR count). The Labute approximate surface area is 148 Å². The number of hydrogen-bond donors (Lipinski definition) is 1. The van der Waals surface area contributed by atoms with Crippen LogP contribution in [0.15, 0.2) is 48.5 Å². The quantitative estimate of drug-likeness (QED) is 0.751. The van der Waals surface area contributed by atoms with E-state index in [9.17, 15) is 18.0 Å². The number of nitrogens with zero attached hydrogens (tertiary/aromatic N) is 2. The normalized spacial score (nSPS) is 10.8. The molecule has 134 valence electrons. The first-order valence-corrected chi connectivity index (χ1v) is 8.04. The largest absolute Gasteiger partial charge is 0.346 e. The number of carbonyl (C=O) groups excluding carboxylic acids is 1. The molecule has 0 aliphatic heterocycles. The van der Waals surface area contributed by atoms with Gasteiger partial charge in [-0.3, -0.25) is 9.48 Å². The molecule has 0 spiro atoms. The van der Waals surface area contributed by atoms with Crippen LogP contribution < -0.4 is 5.32 Å². The van der Waals surface area contributed by atoms with Crippen LogP contribution in [-0.4, -0.2) is 15.7 Å². The second-order valence-electron chi connectivity index (χ2n) is 5.63. The summed E-state index contributed by atoms with van der Waals surface area (Å²) in [5.41, 5.74) is 1.37. The van der Waals surface area contributed by atoms with Gasteiger partial charge in [0.05, 0.1) is 5.69 Å². The van der Waals surface area contributed by atoms with Crippen molar-refractivity contribution >= 4 is 5.91 Å². The van der Waals surface area contributed by atoms with Crippen molar-refractivity contribution in [3.8, 4) is 11.3 Å². The number of nitrogens with one attached hydrogen (secondary N) is 1. The molecule has 0 saturated carbocycles. The van der Waals surface area contributed by atoms with Gasteiger partial charge in [-0.05, 0) is 37.3 Å². The number of aryl methyl sites for hydroxylation is 1. The Hall–Kier alpha value is -3.09. The van der Waals surface area contributed by atoms with Crippen LogP contribution in [0.4, 0.5) is 13.2 Å². The number of aromatic nitrogens is 2. The molecule has 0 bridgehead atoms. The lowest BCUT2D eigenvalue weighted by atomic mass is 10.1. The van der Waals surface area contributed by atoms with Crippen LogP contribution in [-0.2, 0) is 13.1 Å². The van der Waals surface area contributed by atoms with Gasteiger partial charge in [-0.15, -0.1) is 0 Å². The predicted octanol–water partition coefficient (Wildman–Crippen LogP) is 3.92. The van der Waals surface area contributed by atoms with Crippen molar-refractivity contribution in [1.82, 2.24) is 15.1 Å². The molecule has 0 atom stereocenters. The maximum absolute atomic E-state index is 13.6. The van der Waals surface area contributed by atoms with E-state index in [0.29, 0.717) is 23.4 Å². The minimum absolute atomic E-state index is 0.0189. The molecular weight excluding hydrogens is 343 g/mol. The summed E-state index contributed by atoms with van der Waals surface area (Å²) < 4.78 is 41.8. The summed E-state index contributed by atoms with van der Waals surface area (Å²) in [7, 11) is 0. The van der Waals surface area contributed by atoms with Crippen molar-refractivity contribution in [1.29, 1.82) is 0 Å². The van der Waals surface area contributed by atoms with E-state index < -0.39 is 23.4 Å². The first kappa shape index (κ1) is 17.7. The lowest BCUT2D eigenvalue weighted by Crippen LogP contribution is -2.24. The predicted molar refractivity (Wildman–Crippen MR) is 90.8 cm³/mol. The maximum atomic E-state index is 13.6. The van der Waals surface area contributed by atoms with Crippen molar-refractivity contribution in [2.24, 2.45) is 0 Å². The third kappa shape index (κ3) is 3.61.